The van der Waals surface area contributed by atoms with Crippen molar-refractivity contribution in [3.05, 3.63) is 35.1 Å². The number of sulfonamides is 1. The molecule has 12 heteroatoms. The smallest absolute Gasteiger partial charge is 0.265 e. The number of hydrogen-bond donors (Lipinski definition) is 2. The molecule has 4 rings (SSSR count). The Bertz CT molecular complexity index is 1150. The first-order valence-corrected chi connectivity index (χ1v) is 11.3. The van der Waals surface area contributed by atoms with Crippen LogP contribution in [0.5, 0.6) is 11.5 Å². The maximum Gasteiger partial charge on any atom is 0.265 e. The van der Waals surface area contributed by atoms with Crippen LogP contribution in [0.4, 0.5) is 5.69 Å². The number of benzene rings is 1. The monoisotopic (exact) mass is 468 g/mol. The van der Waals surface area contributed by atoms with Crippen molar-refractivity contribution in [1.82, 2.24) is 8.87 Å². The molecule has 3 heterocycles. The number of aromatic nitrogens is 1. The minimum Gasteiger partial charge on any atom is -0.454 e. The highest BCUT2D eigenvalue weighted by atomic mass is 35.5. The zero-order chi connectivity index (χ0) is 22.3. The Balaban J connectivity index is 1.41. The molecule has 0 bridgehead atoms. The number of amides is 2. The lowest BCUT2D eigenvalue weighted by Crippen LogP contribution is -2.41. The van der Waals surface area contributed by atoms with Gasteiger partial charge in [0.1, 0.15) is 10.6 Å². The number of nitrogens with zero attached hydrogens (tertiary/aromatic N) is 2. The number of nitrogens with two attached hydrogens (primary N) is 1. The van der Waals surface area contributed by atoms with Crippen LogP contribution in [0.3, 0.4) is 0 Å². The maximum atomic E-state index is 12.9. The zero-order valence-corrected chi connectivity index (χ0v) is 18.2. The first-order valence-electron chi connectivity index (χ1n) is 9.53. The van der Waals surface area contributed by atoms with Gasteiger partial charge in [0, 0.05) is 44.4 Å². The topological polar surface area (TPSA) is 133 Å². The molecule has 10 nitrogen and oxygen atoms in total. The molecule has 2 aliphatic rings. The number of carbonyl (C=O) groups excluding carboxylic acids is 2. The fourth-order valence-corrected chi connectivity index (χ4v) is 5.42. The van der Waals surface area contributed by atoms with Gasteiger partial charge in [-0.15, -0.1) is 0 Å². The van der Waals surface area contributed by atoms with Gasteiger partial charge in [-0.3, -0.25) is 9.59 Å². The molecule has 1 fully saturated rings. The number of rotatable bonds is 5. The largest absolute Gasteiger partial charge is 0.454 e. The average molecular weight is 469 g/mol. The number of carbonyl (C=O) groups is 2. The molecule has 0 unspecified atom stereocenters. The van der Waals surface area contributed by atoms with Crippen molar-refractivity contribution in [3.8, 4) is 11.5 Å². The lowest BCUT2D eigenvalue weighted by molar-refractivity contribution is -0.120. The van der Waals surface area contributed by atoms with Crippen molar-refractivity contribution in [2.75, 3.05) is 25.2 Å². The Kier molecular flexibility index (Phi) is 5.58. The van der Waals surface area contributed by atoms with E-state index in [0.29, 0.717) is 35.1 Å². The maximum absolute atomic E-state index is 12.9. The third kappa shape index (κ3) is 4.08. The molecule has 2 amide bonds. The summed E-state index contributed by atoms with van der Waals surface area (Å²) in [5, 5.41) is 3.11. The van der Waals surface area contributed by atoms with Crippen molar-refractivity contribution in [3.63, 3.8) is 0 Å². The van der Waals surface area contributed by atoms with E-state index in [1.165, 1.54) is 21.1 Å². The summed E-state index contributed by atoms with van der Waals surface area (Å²) < 4.78 is 39.1. The molecular weight excluding hydrogens is 448 g/mol. The van der Waals surface area contributed by atoms with Crippen molar-refractivity contribution in [2.24, 2.45) is 18.7 Å². The number of primary amides is 1. The normalized spacial score (nSPS) is 17.0. The van der Waals surface area contributed by atoms with Crippen LogP contribution >= 0.6 is 11.6 Å². The van der Waals surface area contributed by atoms with Gasteiger partial charge < -0.3 is 25.1 Å². The summed E-state index contributed by atoms with van der Waals surface area (Å²) in [7, 11) is -2.24. The Morgan fingerprint density at radius 1 is 1.16 bits per heavy atom. The average Bonchev–Trinajstić information content (AvgIpc) is 3.34. The SMILES string of the molecule is Cn1cc(S(=O)(=O)N2CCC(C(=O)Nc3cc4c(cc3Cl)OCO4)CC2)cc1C(N)=O. The van der Waals surface area contributed by atoms with Crippen LogP contribution in [-0.4, -0.2) is 49.0 Å². The standard InChI is InChI=1S/C19H21ClN4O6S/c1-23-9-12(6-15(23)18(21)25)31(27,28)24-4-2-11(3-5-24)19(26)22-14-8-17-16(7-13(14)20)29-10-30-17/h6-9,11H,2-5,10H2,1H3,(H2,21,25)(H,22,26). The molecule has 3 N–H and O–H groups in total. The van der Waals surface area contributed by atoms with Crippen LogP contribution in [0.1, 0.15) is 23.3 Å². The van der Waals surface area contributed by atoms with Gasteiger partial charge in [-0.2, -0.15) is 4.31 Å². The number of nitrogens with one attached hydrogen (secondary N) is 1. The molecule has 31 heavy (non-hydrogen) atoms. The first kappa shape index (κ1) is 21.5. The molecule has 0 atom stereocenters. The molecule has 0 aliphatic carbocycles. The van der Waals surface area contributed by atoms with Crippen molar-refractivity contribution in [2.45, 2.75) is 17.7 Å². The highest BCUT2D eigenvalue weighted by Crippen LogP contribution is 2.39. The predicted molar refractivity (Wildman–Crippen MR) is 112 cm³/mol. The highest BCUT2D eigenvalue weighted by Gasteiger charge is 2.33. The summed E-state index contributed by atoms with van der Waals surface area (Å²) in [5.41, 5.74) is 5.78. The molecule has 0 saturated carbocycles. The summed E-state index contributed by atoms with van der Waals surface area (Å²) in [6, 6.07) is 4.45. The molecular formula is C19H21ClN4O6S. The van der Waals surface area contributed by atoms with Crippen molar-refractivity contribution >= 4 is 39.1 Å². The van der Waals surface area contributed by atoms with Crippen LogP contribution < -0.4 is 20.5 Å². The molecule has 1 saturated heterocycles. The third-order valence-corrected chi connectivity index (χ3v) is 7.59. The molecule has 0 spiro atoms. The fraction of sp³-hybridized carbons (Fsp3) is 0.368. The van der Waals surface area contributed by atoms with Gasteiger partial charge in [-0.05, 0) is 18.9 Å². The lowest BCUT2D eigenvalue weighted by atomic mass is 9.97. The van der Waals surface area contributed by atoms with E-state index in [1.807, 2.05) is 0 Å². The van der Waals surface area contributed by atoms with Crippen LogP contribution in [0.25, 0.3) is 0 Å². The second-order valence-electron chi connectivity index (χ2n) is 7.39. The predicted octanol–water partition coefficient (Wildman–Crippen LogP) is 1.55. The van der Waals surface area contributed by atoms with Gasteiger partial charge in [-0.1, -0.05) is 11.6 Å². The van der Waals surface area contributed by atoms with Crippen LogP contribution in [-0.2, 0) is 21.9 Å². The van der Waals surface area contributed by atoms with E-state index in [4.69, 9.17) is 26.8 Å². The van der Waals surface area contributed by atoms with Gasteiger partial charge in [0.25, 0.3) is 5.91 Å². The summed E-state index contributed by atoms with van der Waals surface area (Å²) in [6.45, 7) is 0.449. The van der Waals surface area contributed by atoms with E-state index in [0.717, 1.165) is 0 Å². The second kappa shape index (κ2) is 8.06. The molecule has 1 aromatic heterocycles. The fourth-order valence-electron chi connectivity index (χ4n) is 3.68. The molecule has 1 aromatic carbocycles. The number of hydrogen-bond acceptors (Lipinski definition) is 6. The quantitative estimate of drug-likeness (QED) is 0.683. The Morgan fingerprint density at radius 2 is 1.81 bits per heavy atom. The number of ether oxygens (including phenoxy) is 2. The number of piperidine rings is 1. The van der Waals surface area contributed by atoms with Crippen molar-refractivity contribution < 1.29 is 27.5 Å². The molecule has 166 valence electrons. The summed E-state index contributed by atoms with van der Waals surface area (Å²) >= 11 is 6.21. The number of halogens is 1. The molecule has 2 aliphatic heterocycles. The zero-order valence-electron chi connectivity index (χ0n) is 16.6. The van der Waals surface area contributed by atoms with Gasteiger partial charge in [0.15, 0.2) is 11.5 Å². The molecule has 0 radical (unpaired) electrons. The Labute approximate surface area is 183 Å². The van der Waals surface area contributed by atoms with Gasteiger partial charge in [-0.25, -0.2) is 8.42 Å². The van der Waals surface area contributed by atoms with Crippen molar-refractivity contribution in [1.29, 1.82) is 0 Å². The van der Waals surface area contributed by atoms with E-state index in [-0.39, 0.29) is 42.3 Å². The van der Waals surface area contributed by atoms with E-state index in [9.17, 15) is 18.0 Å². The lowest BCUT2D eigenvalue weighted by Gasteiger charge is -2.30. The summed E-state index contributed by atoms with van der Waals surface area (Å²) in [6.07, 6.45) is 2.06. The van der Waals surface area contributed by atoms with Gasteiger partial charge in [0.2, 0.25) is 22.7 Å². The van der Waals surface area contributed by atoms with E-state index in [1.54, 1.807) is 19.2 Å². The first-order chi connectivity index (χ1) is 14.7. The minimum atomic E-state index is -3.80. The van der Waals surface area contributed by atoms with Gasteiger partial charge in [0.05, 0.1) is 10.7 Å². The Hall–Kier alpha value is -2.76. The number of anilines is 1. The number of aryl methyl sites for hydroxylation is 1. The minimum absolute atomic E-state index is 0.00107. The third-order valence-electron chi connectivity index (χ3n) is 5.41. The number of fused-ring (bicyclic) bond motifs is 1. The summed E-state index contributed by atoms with van der Waals surface area (Å²) in [5.74, 6) is -0.305. The van der Waals surface area contributed by atoms with E-state index in [2.05, 4.69) is 5.32 Å². The second-order valence-corrected chi connectivity index (χ2v) is 9.73. The van der Waals surface area contributed by atoms with E-state index < -0.39 is 15.9 Å². The van der Waals surface area contributed by atoms with E-state index >= 15 is 0 Å². The van der Waals surface area contributed by atoms with Crippen LogP contribution in [0.15, 0.2) is 29.3 Å². The molecule has 2 aromatic rings. The highest BCUT2D eigenvalue weighted by molar-refractivity contribution is 7.89. The van der Waals surface area contributed by atoms with Crippen LogP contribution in [0.2, 0.25) is 5.02 Å². The summed E-state index contributed by atoms with van der Waals surface area (Å²) in [4.78, 5) is 24.1. The van der Waals surface area contributed by atoms with Crippen LogP contribution in [0, 0.1) is 5.92 Å². The van der Waals surface area contributed by atoms with Gasteiger partial charge >= 0.3 is 0 Å². The Morgan fingerprint density at radius 3 is 2.42 bits per heavy atom.